The fraction of sp³-hybridized carbons (Fsp3) is 0.933. The van der Waals surface area contributed by atoms with E-state index in [4.69, 9.17) is 0 Å². The normalized spacial score (nSPS) is 18.4. The maximum absolute atomic E-state index is 12.3. The molecule has 1 atom stereocenters. The van der Waals surface area contributed by atoms with Crippen LogP contribution in [0.2, 0.25) is 0 Å². The third kappa shape index (κ3) is 6.34. The Kier molecular flexibility index (Phi) is 7.66. The molecule has 0 aromatic heterocycles. The predicted octanol–water partition coefficient (Wildman–Crippen LogP) is 1.44. The van der Waals surface area contributed by atoms with Gasteiger partial charge in [0.05, 0.1) is 5.75 Å². The van der Waals surface area contributed by atoms with Crippen molar-refractivity contribution in [1.29, 1.82) is 0 Å². The molecule has 1 rings (SSSR count). The van der Waals surface area contributed by atoms with Crippen LogP contribution in [0.15, 0.2) is 0 Å². The summed E-state index contributed by atoms with van der Waals surface area (Å²) in [6.07, 6.45) is 3.73. The van der Waals surface area contributed by atoms with Crippen molar-refractivity contribution in [3.05, 3.63) is 0 Å². The third-order valence-electron chi connectivity index (χ3n) is 4.35. The summed E-state index contributed by atoms with van der Waals surface area (Å²) in [7, 11) is -3.04. The van der Waals surface area contributed by atoms with Gasteiger partial charge in [0.25, 0.3) is 0 Å². The molecular weight excluding hydrogens is 288 g/mol. The topological polar surface area (TPSA) is 66.5 Å². The van der Waals surface area contributed by atoms with Gasteiger partial charge in [-0.05, 0) is 52.1 Å². The molecule has 1 amide bonds. The van der Waals surface area contributed by atoms with Crippen molar-refractivity contribution < 1.29 is 13.2 Å². The van der Waals surface area contributed by atoms with Crippen molar-refractivity contribution in [2.75, 3.05) is 31.1 Å². The van der Waals surface area contributed by atoms with Gasteiger partial charge < -0.3 is 10.2 Å². The summed E-state index contributed by atoms with van der Waals surface area (Å²) in [5.74, 6) is 0.924. The number of amides is 1. The second kappa shape index (κ2) is 8.73. The molecule has 6 heteroatoms. The molecule has 1 saturated heterocycles. The molecule has 124 valence electrons. The molecule has 0 radical (unpaired) electrons. The lowest BCUT2D eigenvalue weighted by molar-refractivity contribution is -0.132. The standard InChI is InChI=1S/C15H30N2O3S/c1-4-17(13(3)12-21(19,20)5-2)15(18)7-6-14-8-10-16-11-9-14/h13-14,16H,4-12H2,1-3H3. The van der Waals surface area contributed by atoms with E-state index >= 15 is 0 Å². The zero-order valence-corrected chi connectivity index (χ0v) is 14.4. The summed E-state index contributed by atoms with van der Waals surface area (Å²) in [5.41, 5.74) is 0. The van der Waals surface area contributed by atoms with Gasteiger partial charge in [-0.25, -0.2) is 8.42 Å². The molecule has 1 unspecified atom stereocenters. The van der Waals surface area contributed by atoms with Crippen LogP contribution in [-0.2, 0) is 14.6 Å². The summed E-state index contributed by atoms with van der Waals surface area (Å²) < 4.78 is 23.4. The Morgan fingerprint density at radius 3 is 2.43 bits per heavy atom. The predicted molar refractivity (Wildman–Crippen MR) is 86.0 cm³/mol. The first-order chi connectivity index (χ1) is 9.89. The van der Waals surface area contributed by atoms with Crippen LogP contribution in [0.3, 0.4) is 0 Å². The molecule has 21 heavy (non-hydrogen) atoms. The average molecular weight is 318 g/mol. The van der Waals surface area contributed by atoms with E-state index in [9.17, 15) is 13.2 Å². The average Bonchev–Trinajstić information content (AvgIpc) is 2.46. The number of nitrogens with zero attached hydrogens (tertiary/aromatic N) is 1. The zero-order chi connectivity index (χ0) is 15.9. The highest BCUT2D eigenvalue weighted by Crippen LogP contribution is 2.19. The van der Waals surface area contributed by atoms with Crippen molar-refractivity contribution >= 4 is 15.7 Å². The number of rotatable bonds is 8. The van der Waals surface area contributed by atoms with E-state index in [0.717, 1.165) is 32.4 Å². The van der Waals surface area contributed by atoms with E-state index in [1.165, 1.54) is 0 Å². The third-order valence-corrected chi connectivity index (χ3v) is 6.22. The summed E-state index contributed by atoms with van der Waals surface area (Å²) >= 11 is 0. The van der Waals surface area contributed by atoms with E-state index in [1.54, 1.807) is 11.8 Å². The van der Waals surface area contributed by atoms with Crippen molar-refractivity contribution in [2.24, 2.45) is 5.92 Å². The van der Waals surface area contributed by atoms with Gasteiger partial charge in [0, 0.05) is 24.8 Å². The molecule has 1 aliphatic heterocycles. The van der Waals surface area contributed by atoms with Crippen molar-refractivity contribution in [3.8, 4) is 0 Å². The zero-order valence-electron chi connectivity index (χ0n) is 13.6. The number of hydrogen-bond acceptors (Lipinski definition) is 4. The van der Waals surface area contributed by atoms with Gasteiger partial charge in [-0.15, -0.1) is 0 Å². The van der Waals surface area contributed by atoms with E-state index < -0.39 is 9.84 Å². The SMILES string of the molecule is CCN(C(=O)CCC1CCNCC1)C(C)CS(=O)(=O)CC. The summed E-state index contributed by atoms with van der Waals surface area (Å²) in [5, 5.41) is 3.32. The van der Waals surface area contributed by atoms with Crippen molar-refractivity contribution in [1.82, 2.24) is 10.2 Å². The van der Waals surface area contributed by atoms with Crippen LogP contribution in [0.25, 0.3) is 0 Å². The lowest BCUT2D eigenvalue weighted by atomic mass is 9.93. The van der Waals surface area contributed by atoms with E-state index in [-0.39, 0.29) is 23.5 Å². The molecule has 1 N–H and O–H groups in total. The van der Waals surface area contributed by atoms with E-state index in [0.29, 0.717) is 18.9 Å². The highest BCUT2D eigenvalue weighted by molar-refractivity contribution is 7.91. The lowest BCUT2D eigenvalue weighted by Gasteiger charge is -2.29. The first-order valence-corrected chi connectivity index (χ1v) is 9.92. The molecule has 1 fully saturated rings. The Labute approximate surface area is 129 Å². The Morgan fingerprint density at radius 1 is 1.29 bits per heavy atom. The fourth-order valence-electron chi connectivity index (χ4n) is 2.95. The largest absolute Gasteiger partial charge is 0.339 e. The van der Waals surface area contributed by atoms with E-state index in [2.05, 4.69) is 5.32 Å². The first kappa shape index (κ1) is 18.4. The van der Waals surface area contributed by atoms with Gasteiger partial charge in [0.15, 0.2) is 9.84 Å². The summed E-state index contributed by atoms with van der Waals surface area (Å²) in [6.45, 7) is 8.06. The number of sulfone groups is 1. The number of carbonyl (C=O) groups is 1. The monoisotopic (exact) mass is 318 g/mol. The lowest BCUT2D eigenvalue weighted by Crippen LogP contribution is -2.42. The quantitative estimate of drug-likeness (QED) is 0.735. The second-order valence-electron chi connectivity index (χ2n) is 5.96. The van der Waals surface area contributed by atoms with Crippen molar-refractivity contribution in [2.45, 2.75) is 52.5 Å². The Hall–Kier alpha value is -0.620. The van der Waals surface area contributed by atoms with Crippen LogP contribution in [0.1, 0.15) is 46.5 Å². The molecule has 0 bridgehead atoms. The van der Waals surface area contributed by atoms with Crippen LogP contribution in [0.5, 0.6) is 0 Å². The fourth-order valence-corrected chi connectivity index (χ4v) is 4.10. The highest BCUT2D eigenvalue weighted by atomic mass is 32.2. The van der Waals surface area contributed by atoms with E-state index in [1.807, 2.05) is 13.8 Å². The van der Waals surface area contributed by atoms with Crippen molar-refractivity contribution in [3.63, 3.8) is 0 Å². The van der Waals surface area contributed by atoms with Gasteiger partial charge in [-0.2, -0.15) is 0 Å². The van der Waals surface area contributed by atoms with Gasteiger partial charge in [0.2, 0.25) is 5.91 Å². The number of piperidine rings is 1. The number of hydrogen-bond donors (Lipinski definition) is 1. The number of nitrogens with one attached hydrogen (secondary N) is 1. The first-order valence-electron chi connectivity index (χ1n) is 8.10. The minimum Gasteiger partial charge on any atom is -0.339 e. The maximum atomic E-state index is 12.3. The molecule has 0 saturated carbocycles. The second-order valence-corrected chi connectivity index (χ2v) is 8.36. The van der Waals surface area contributed by atoms with Crippen LogP contribution >= 0.6 is 0 Å². The van der Waals surface area contributed by atoms with Crippen LogP contribution in [-0.4, -0.2) is 56.4 Å². The Morgan fingerprint density at radius 2 is 1.90 bits per heavy atom. The molecule has 0 aliphatic carbocycles. The Balaban J connectivity index is 2.47. The van der Waals surface area contributed by atoms with Gasteiger partial charge in [-0.3, -0.25) is 4.79 Å². The molecule has 0 spiro atoms. The number of carbonyl (C=O) groups excluding carboxylic acids is 1. The molecule has 1 heterocycles. The highest BCUT2D eigenvalue weighted by Gasteiger charge is 2.24. The van der Waals surface area contributed by atoms with Gasteiger partial charge in [0.1, 0.15) is 0 Å². The van der Waals surface area contributed by atoms with Gasteiger partial charge in [-0.1, -0.05) is 6.92 Å². The molecular formula is C15H30N2O3S. The molecule has 1 aliphatic rings. The van der Waals surface area contributed by atoms with Crippen LogP contribution in [0, 0.1) is 5.92 Å². The summed E-state index contributed by atoms with van der Waals surface area (Å²) in [4.78, 5) is 14.1. The van der Waals surface area contributed by atoms with Crippen LogP contribution < -0.4 is 5.32 Å². The smallest absolute Gasteiger partial charge is 0.222 e. The van der Waals surface area contributed by atoms with Crippen LogP contribution in [0.4, 0.5) is 0 Å². The maximum Gasteiger partial charge on any atom is 0.222 e. The minimum atomic E-state index is -3.04. The van der Waals surface area contributed by atoms with Gasteiger partial charge >= 0.3 is 0 Å². The summed E-state index contributed by atoms with van der Waals surface area (Å²) in [6, 6.07) is -0.236. The minimum absolute atomic E-state index is 0.0659. The Bertz CT molecular complexity index is 417. The molecule has 0 aromatic rings. The molecule has 5 nitrogen and oxygen atoms in total. The molecule has 0 aromatic carbocycles.